The number of hydrogen-bond donors (Lipinski definition) is 2. The van der Waals surface area contributed by atoms with Gasteiger partial charge >= 0.3 is 0 Å². The largest absolute Gasteiger partial charge is 0.487 e. The Morgan fingerprint density at radius 1 is 1.35 bits per heavy atom. The van der Waals surface area contributed by atoms with Crippen LogP contribution in [0, 0.1) is 6.92 Å². The second-order valence-corrected chi connectivity index (χ2v) is 6.78. The Kier molecular flexibility index (Phi) is 6.85. The summed E-state index contributed by atoms with van der Waals surface area (Å²) in [6.45, 7) is 6.68. The van der Waals surface area contributed by atoms with Crippen LogP contribution in [-0.2, 0) is 6.42 Å². The monoisotopic (exact) mass is 471 g/mol. The highest BCUT2D eigenvalue weighted by Gasteiger charge is 2.33. The summed E-state index contributed by atoms with van der Waals surface area (Å²) in [7, 11) is 1.77. The minimum absolute atomic E-state index is 0. The Morgan fingerprint density at radius 2 is 2.12 bits per heavy atom. The number of nitrogens with one attached hydrogen (secondary N) is 2. The number of halogens is 1. The van der Waals surface area contributed by atoms with Gasteiger partial charge in [-0.2, -0.15) is 4.98 Å². The van der Waals surface area contributed by atoms with Crippen LogP contribution in [0.2, 0.25) is 0 Å². The van der Waals surface area contributed by atoms with E-state index >= 15 is 0 Å². The van der Waals surface area contributed by atoms with E-state index in [1.165, 1.54) is 0 Å². The second kappa shape index (κ2) is 8.70. The van der Waals surface area contributed by atoms with Crippen molar-refractivity contribution in [2.45, 2.75) is 45.3 Å². The van der Waals surface area contributed by atoms with Crippen LogP contribution in [0.5, 0.6) is 5.75 Å². The molecule has 0 amide bonds. The molecule has 0 radical (unpaired) electrons. The number of para-hydroxylation sites is 1. The summed E-state index contributed by atoms with van der Waals surface area (Å²) in [4.78, 5) is 8.53. The summed E-state index contributed by atoms with van der Waals surface area (Å²) in [5, 5.41) is 10.6. The molecule has 26 heavy (non-hydrogen) atoms. The van der Waals surface area contributed by atoms with Crippen molar-refractivity contribution in [1.29, 1.82) is 0 Å². The molecule has 1 aromatic heterocycles. The lowest BCUT2D eigenvalue weighted by molar-refractivity contribution is 0.0694. The van der Waals surface area contributed by atoms with Gasteiger partial charge in [-0.3, -0.25) is 4.99 Å². The van der Waals surface area contributed by atoms with E-state index in [-0.39, 0.29) is 35.6 Å². The fourth-order valence-corrected chi connectivity index (χ4v) is 3.02. The molecule has 1 atom stereocenters. The molecule has 7 nitrogen and oxygen atoms in total. The summed E-state index contributed by atoms with van der Waals surface area (Å²) in [5.74, 6) is 2.94. The number of hydrogen-bond acceptors (Lipinski definition) is 5. The molecule has 1 aliphatic rings. The number of benzene rings is 1. The summed E-state index contributed by atoms with van der Waals surface area (Å²) in [6, 6.07) is 8.27. The molecule has 2 heterocycles. The van der Waals surface area contributed by atoms with Crippen LogP contribution in [0.15, 0.2) is 33.8 Å². The van der Waals surface area contributed by atoms with Gasteiger partial charge in [-0.15, -0.1) is 24.0 Å². The maximum Gasteiger partial charge on any atom is 0.228 e. The maximum atomic E-state index is 6.08. The quantitative estimate of drug-likeness (QED) is 0.405. The molecule has 0 bridgehead atoms. The maximum absolute atomic E-state index is 6.08. The van der Waals surface area contributed by atoms with E-state index in [0.29, 0.717) is 24.7 Å². The Morgan fingerprint density at radius 3 is 2.81 bits per heavy atom. The minimum Gasteiger partial charge on any atom is -0.487 e. The van der Waals surface area contributed by atoms with Crippen LogP contribution in [-0.4, -0.2) is 35.3 Å². The zero-order chi connectivity index (χ0) is 17.9. The number of nitrogens with zero attached hydrogens (tertiary/aromatic N) is 3. The topological polar surface area (TPSA) is 84.6 Å². The van der Waals surface area contributed by atoms with E-state index in [9.17, 15) is 0 Å². The first-order valence-electron chi connectivity index (χ1n) is 8.51. The normalized spacial score (nSPS) is 18.3. The van der Waals surface area contributed by atoms with Gasteiger partial charge in [0, 0.05) is 32.0 Å². The zero-order valence-corrected chi connectivity index (χ0v) is 17.9. The average Bonchev–Trinajstić information content (AvgIpc) is 2.98. The Labute approximate surface area is 171 Å². The van der Waals surface area contributed by atoms with Crippen LogP contribution >= 0.6 is 24.0 Å². The lowest BCUT2D eigenvalue weighted by Crippen LogP contribution is -2.45. The molecule has 142 valence electrons. The minimum atomic E-state index is -0.230. The van der Waals surface area contributed by atoms with Crippen molar-refractivity contribution in [2.24, 2.45) is 4.99 Å². The lowest BCUT2D eigenvalue weighted by atomic mass is 9.90. The van der Waals surface area contributed by atoms with Gasteiger partial charge in [-0.1, -0.05) is 23.4 Å². The van der Waals surface area contributed by atoms with Gasteiger partial charge in [0.15, 0.2) is 11.8 Å². The molecular formula is C18H26IN5O2. The van der Waals surface area contributed by atoms with E-state index in [1.807, 2.05) is 25.1 Å². The Balaban J connectivity index is 0.00000243. The molecule has 1 aliphatic heterocycles. The van der Waals surface area contributed by atoms with Gasteiger partial charge < -0.3 is 19.9 Å². The fourth-order valence-electron chi connectivity index (χ4n) is 3.02. The first-order valence-corrected chi connectivity index (χ1v) is 8.51. The van der Waals surface area contributed by atoms with Crippen molar-refractivity contribution in [1.82, 2.24) is 20.8 Å². The van der Waals surface area contributed by atoms with Gasteiger partial charge in [0.25, 0.3) is 0 Å². The van der Waals surface area contributed by atoms with Crippen molar-refractivity contribution < 1.29 is 9.26 Å². The highest BCUT2D eigenvalue weighted by molar-refractivity contribution is 14.0. The summed E-state index contributed by atoms with van der Waals surface area (Å²) < 4.78 is 11.2. The van der Waals surface area contributed by atoms with Crippen molar-refractivity contribution in [3.63, 3.8) is 0 Å². The molecule has 0 spiro atoms. The highest BCUT2D eigenvalue weighted by atomic mass is 127. The van der Waals surface area contributed by atoms with E-state index in [0.717, 1.165) is 23.7 Å². The summed E-state index contributed by atoms with van der Waals surface area (Å²) in [5.41, 5.74) is 0.920. The fraction of sp³-hybridized carbons (Fsp3) is 0.500. The molecule has 0 fully saturated rings. The molecule has 3 rings (SSSR count). The number of aliphatic imine (C=N–C) groups is 1. The number of aryl methyl sites for hydroxylation is 1. The predicted octanol–water partition coefficient (Wildman–Crippen LogP) is 3.01. The average molecular weight is 471 g/mol. The standard InChI is InChI=1S/C18H25N5O2.HI/c1-12-21-16(25-23-12)9-10-20-17(19-4)22-14-11-18(2,3)24-15-8-6-5-7-13(14)15;/h5-8,14H,9-11H2,1-4H3,(H2,19,20,22);1H. The first-order chi connectivity index (χ1) is 12.0. The van der Waals surface area contributed by atoms with E-state index in [4.69, 9.17) is 9.26 Å². The first kappa shape index (κ1) is 20.5. The van der Waals surface area contributed by atoms with Crippen molar-refractivity contribution in [3.8, 4) is 5.75 Å². The lowest BCUT2D eigenvalue weighted by Gasteiger charge is -2.38. The van der Waals surface area contributed by atoms with Crippen LogP contribution in [0.3, 0.4) is 0 Å². The Hall–Kier alpha value is -1.84. The van der Waals surface area contributed by atoms with Crippen molar-refractivity contribution in [3.05, 3.63) is 41.5 Å². The van der Waals surface area contributed by atoms with Crippen molar-refractivity contribution >= 4 is 29.9 Å². The molecule has 2 aromatic rings. The third-order valence-corrected chi connectivity index (χ3v) is 4.11. The molecule has 2 N–H and O–H groups in total. The SMILES string of the molecule is CN=C(NCCc1nc(C)no1)NC1CC(C)(C)Oc2ccccc21.I. The number of aromatic nitrogens is 2. The second-order valence-electron chi connectivity index (χ2n) is 6.78. The molecule has 1 aromatic carbocycles. The zero-order valence-electron chi connectivity index (χ0n) is 15.6. The van der Waals surface area contributed by atoms with Crippen molar-refractivity contribution in [2.75, 3.05) is 13.6 Å². The Bertz CT molecular complexity index is 760. The molecule has 0 saturated carbocycles. The smallest absolute Gasteiger partial charge is 0.228 e. The molecular weight excluding hydrogens is 445 g/mol. The van der Waals surface area contributed by atoms with Crippen LogP contribution in [0.25, 0.3) is 0 Å². The number of ether oxygens (including phenoxy) is 1. The van der Waals surface area contributed by atoms with Gasteiger partial charge in [0.1, 0.15) is 11.4 Å². The summed E-state index contributed by atoms with van der Waals surface area (Å²) >= 11 is 0. The van der Waals surface area contributed by atoms with Gasteiger partial charge in [-0.25, -0.2) is 0 Å². The molecule has 0 saturated heterocycles. The highest BCUT2D eigenvalue weighted by Crippen LogP contribution is 2.39. The number of fused-ring (bicyclic) bond motifs is 1. The van der Waals surface area contributed by atoms with Crippen LogP contribution < -0.4 is 15.4 Å². The van der Waals surface area contributed by atoms with Crippen LogP contribution in [0.1, 0.15) is 43.6 Å². The number of rotatable bonds is 4. The third-order valence-electron chi connectivity index (χ3n) is 4.11. The van der Waals surface area contributed by atoms with E-state index < -0.39 is 0 Å². The molecule has 1 unspecified atom stereocenters. The predicted molar refractivity (Wildman–Crippen MR) is 111 cm³/mol. The van der Waals surface area contributed by atoms with Crippen LogP contribution in [0.4, 0.5) is 0 Å². The van der Waals surface area contributed by atoms with Gasteiger partial charge in [0.2, 0.25) is 5.89 Å². The van der Waals surface area contributed by atoms with Gasteiger partial charge in [0.05, 0.1) is 6.04 Å². The third kappa shape index (κ3) is 5.09. The van der Waals surface area contributed by atoms with Gasteiger partial charge in [-0.05, 0) is 26.8 Å². The molecule has 8 heteroatoms. The van der Waals surface area contributed by atoms with E-state index in [1.54, 1.807) is 7.05 Å². The van der Waals surface area contributed by atoms with E-state index in [2.05, 4.69) is 45.7 Å². The molecule has 0 aliphatic carbocycles. The number of guanidine groups is 1. The summed E-state index contributed by atoms with van der Waals surface area (Å²) in [6.07, 6.45) is 1.50.